The number of carbonyl (C=O) groups excluding carboxylic acids is 1. The van der Waals surface area contributed by atoms with Gasteiger partial charge in [0, 0.05) is 26.2 Å². The van der Waals surface area contributed by atoms with E-state index in [0.29, 0.717) is 18.7 Å². The van der Waals surface area contributed by atoms with Gasteiger partial charge in [0.05, 0.1) is 11.4 Å². The summed E-state index contributed by atoms with van der Waals surface area (Å²) in [6, 6.07) is 5.16. The highest BCUT2D eigenvalue weighted by Crippen LogP contribution is 2.16. The minimum absolute atomic E-state index is 0.172. The summed E-state index contributed by atoms with van der Waals surface area (Å²) in [6.45, 7) is 9.52. The third-order valence-corrected chi connectivity index (χ3v) is 5.77. The Hall–Kier alpha value is -1.44. The van der Waals surface area contributed by atoms with Crippen molar-refractivity contribution in [3.8, 4) is 0 Å². The van der Waals surface area contributed by atoms with Crippen molar-refractivity contribution in [2.24, 2.45) is 0 Å². The molecule has 23 heavy (non-hydrogen) atoms. The molecule has 0 atom stereocenters. The number of nitrogens with one attached hydrogen (secondary N) is 1. The van der Waals surface area contributed by atoms with Crippen molar-refractivity contribution >= 4 is 15.9 Å². The SMILES string of the molecule is CCN1CCN(C(=O)CNS(=O)(=O)c2ccc(C)cc2C)CC1. The van der Waals surface area contributed by atoms with Crippen molar-refractivity contribution in [3.63, 3.8) is 0 Å². The van der Waals surface area contributed by atoms with Crippen molar-refractivity contribution in [1.29, 1.82) is 0 Å². The van der Waals surface area contributed by atoms with Gasteiger partial charge in [-0.15, -0.1) is 0 Å². The molecule has 2 rings (SSSR count). The molecule has 0 unspecified atom stereocenters. The number of sulfonamides is 1. The van der Waals surface area contributed by atoms with Gasteiger partial charge in [0.25, 0.3) is 0 Å². The molecule has 1 fully saturated rings. The van der Waals surface area contributed by atoms with Crippen LogP contribution in [0.4, 0.5) is 0 Å². The number of benzene rings is 1. The number of piperazine rings is 1. The number of hydrogen-bond donors (Lipinski definition) is 1. The fourth-order valence-electron chi connectivity index (χ4n) is 2.76. The molecule has 0 aromatic heterocycles. The van der Waals surface area contributed by atoms with Gasteiger partial charge in [0.15, 0.2) is 0 Å². The summed E-state index contributed by atoms with van der Waals surface area (Å²) in [7, 11) is -3.66. The van der Waals surface area contributed by atoms with E-state index in [1.54, 1.807) is 24.0 Å². The Morgan fingerprint density at radius 1 is 1.17 bits per heavy atom. The first-order chi connectivity index (χ1) is 10.8. The summed E-state index contributed by atoms with van der Waals surface area (Å²) in [5.41, 5.74) is 1.69. The largest absolute Gasteiger partial charge is 0.339 e. The van der Waals surface area contributed by atoms with Crippen molar-refractivity contribution in [1.82, 2.24) is 14.5 Å². The Bertz CT molecular complexity index is 665. The molecule has 1 aliphatic rings. The van der Waals surface area contributed by atoms with Crippen molar-refractivity contribution in [2.45, 2.75) is 25.7 Å². The molecule has 1 aliphatic heterocycles. The van der Waals surface area contributed by atoms with Crippen molar-refractivity contribution in [2.75, 3.05) is 39.3 Å². The molecule has 6 nitrogen and oxygen atoms in total. The van der Waals surface area contributed by atoms with E-state index in [0.717, 1.165) is 25.2 Å². The van der Waals surface area contributed by atoms with Crippen LogP contribution < -0.4 is 4.72 Å². The van der Waals surface area contributed by atoms with Crippen LogP contribution in [0.25, 0.3) is 0 Å². The van der Waals surface area contributed by atoms with Crippen molar-refractivity contribution < 1.29 is 13.2 Å². The molecule has 7 heteroatoms. The van der Waals surface area contributed by atoms with E-state index in [2.05, 4.69) is 16.5 Å². The van der Waals surface area contributed by atoms with Crippen LogP contribution in [-0.2, 0) is 14.8 Å². The fraction of sp³-hybridized carbons (Fsp3) is 0.562. The number of likely N-dealkylation sites (N-methyl/N-ethyl adjacent to an activating group) is 1. The molecule has 1 aromatic rings. The van der Waals surface area contributed by atoms with Crippen LogP contribution in [0.2, 0.25) is 0 Å². The van der Waals surface area contributed by atoms with Crippen LogP contribution in [-0.4, -0.2) is 63.4 Å². The molecule has 1 saturated heterocycles. The lowest BCUT2D eigenvalue weighted by atomic mass is 10.2. The average Bonchev–Trinajstić information content (AvgIpc) is 2.52. The number of amides is 1. The van der Waals surface area contributed by atoms with E-state index >= 15 is 0 Å². The Kier molecular flexibility index (Phi) is 5.78. The smallest absolute Gasteiger partial charge is 0.241 e. The molecular formula is C16H25N3O3S. The van der Waals surface area contributed by atoms with E-state index in [1.165, 1.54) is 0 Å². The van der Waals surface area contributed by atoms with Crippen LogP contribution in [0.3, 0.4) is 0 Å². The molecular weight excluding hydrogens is 314 g/mol. The summed E-state index contributed by atoms with van der Waals surface area (Å²) < 4.78 is 27.1. The Labute approximate surface area is 138 Å². The van der Waals surface area contributed by atoms with E-state index in [4.69, 9.17) is 0 Å². The zero-order chi connectivity index (χ0) is 17.0. The minimum Gasteiger partial charge on any atom is -0.339 e. The second-order valence-corrected chi connectivity index (χ2v) is 7.64. The van der Waals surface area contributed by atoms with Gasteiger partial charge >= 0.3 is 0 Å². The number of aryl methyl sites for hydroxylation is 2. The predicted molar refractivity (Wildman–Crippen MR) is 89.8 cm³/mol. The van der Waals surface area contributed by atoms with E-state index < -0.39 is 10.0 Å². The summed E-state index contributed by atoms with van der Waals surface area (Å²) in [5.74, 6) is -0.172. The Morgan fingerprint density at radius 2 is 1.83 bits per heavy atom. The lowest BCUT2D eigenvalue weighted by molar-refractivity contribution is -0.131. The van der Waals surface area contributed by atoms with Gasteiger partial charge in [-0.2, -0.15) is 0 Å². The maximum absolute atomic E-state index is 12.4. The van der Waals surface area contributed by atoms with Crippen LogP contribution in [0.15, 0.2) is 23.1 Å². The van der Waals surface area contributed by atoms with Gasteiger partial charge in [0.2, 0.25) is 15.9 Å². The maximum atomic E-state index is 12.4. The van der Waals surface area contributed by atoms with Gasteiger partial charge in [-0.3, -0.25) is 4.79 Å². The third-order valence-electron chi connectivity index (χ3n) is 4.21. The summed E-state index contributed by atoms with van der Waals surface area (Å²) >= 11 is 0. The number of hydrogen-bond acceptors (Lipinski definition) is 4. The molecule has 0 radical (unpaired) electrons. The monoisotopic (exact) mass is 339 g/mol. The zero-order valence-corrected chi connectivity index (χ0v) is 14.8. The number of nitrogens with zero attached hydrogens (tertiary/aromatic N) is 2. The van der Waals surface area contributed by atoms with Gasteiger partial charge < -0.3 is 9.80 Å². The highest BCUT2D eigenvalue weighted by atomic mass is 32.2. The number of carbonyl (C=O) groups is 1. The second kappa shape index (κ2) is 7.42. The Balaban J connectivity index is 1.95. The second-order valence-electron chi connectivity index (χ2n) is 5.91. The zero-order valence-electron chi connectivity index (χ0n) is 14.0. The van der Waals surface area contributed by atoms with Crippen LogP contribution in [0, 0.1) is 13.8 Å². The maximum Gasteiger partial charge on any atom is 0.241 e. The lowest BCUT2D eigenvalue weighted by Crippen LogP contribution is -2.51. The molecule has 0 saturated carbocycles. The summed E-state index contributed by atoms with van der Waals surface area (Å²) in [4.78, 5) is 16.4. The summed E-state index contributed by atoms with van der Waals surface area (Å²) in [5, 5.41) is 0. The topological polar surface area (TPSA) is 69.7 Å². The molecule has 1 N–H and O–H groups in total. The minimum atomic E-state index is -3.66. The van der Waals surface area contributed by atoms with Crippen LogP contribution >= 0.6 is 0 Å². The van der Waals surface area contributed by atoms with Gasteiger partial charge in [0.1, 0.15) is 0 Å². The molecule has 1 heterocycles. The Morgan fingerprint density at radius 3 is 2.39 bits per heavy atom. The van der Waals surface area contributed by atoms with Crippen LogP contribution in [0.1, 0.15) is 18.1 Å². The normalized spacial score (nSPS) is 16.6. The van der Waals surface area contributed by atoms with Gasteiger partial charge in [-0.05, 0) is 32.0 Å². The van der Waals surface area contributed by atoms with Gasteiger partial charge in [-0.1, -0.05) is 24.6 Å². The number of rotatable bonds is 5. The van der Waals surface area contributed by atoms with Crippen LogP contribution in [0.5, 0.6) is 0 Å². The average molecular weight is 339 g/mol. The van der Waals surface area contributed by atoms with Gasteiger partial charge in [-0.25, -0.2) is 13.1 Å². The molecule has 1 aromatic carbocycles. The fourth-order valence-corrected chi connectivity index (χ4v) is 3.96. The first kappa shape index (κ1) is 17.9. The molecule has 0 spiro atoms. The standard InChI is InChI=1S/C16H25N3O3S/c1-4-18-7-9-19(10-8-18)16(20)12-17-23(21,22)15-6-5-13(2)11-14(15)3/h5-6,11,17H,4,7-10,12H2,1-3H3. The predicted octanol–water partition coefficient (Wildman–Crippen LogP) is 0.746. The first-order valence-corrected chi connectivity index (χ1v) is 9.39. The summed E-state index contributed by atoms with van der Waals surface area (Å²) in [6.07, 6.45) is 0. The lowest BCUT2D eigenvalue weighted by Gasteiger charge is -2.34. The highest BCUT2D eigenvalue weighted by molar-refractivity contribution is 7.89. The van der Waals surface area contributed by atoms with Crippen molar-refractivity contribution in [3.05, 3.63) is 29.3 Å². The quantitative estimate of drug-likeness (QED) is 0.859. The molecule has 128 valence electrons. The molecule has 0 aliphatic carbocycles. The molecule has 0 bridgehead atoms. The first-order valence-electron chi connectivity index (χ1n) is 7.90. The highest BCUT2D eigenvalue weighted by Gasteiger charge is 2.23. The van der Waals surface area contributed by atoms with E-state index in [1.807, 2.05) is 13.0 Å². The molecule has 1 amide bonds. The van der Waals surface area contributed by atoms with E-state index in [-0.39, 0.29) is 17.3 Å². The third kappa shape index (κ3) is 4.53. The van der Waals surface area contributed by atoms with E-state index in [9.17, 15) is 13.2 Å².